The van der Waals surface area contributed by atoms with E-state index < -0.39 is 5.91 Å². The normalized spacial score (nSPS) is 13.5. The minimum absolute atomic E-state index is 0.182. The average molecular weight is 331 g/mol. The van der Waals surface area contributed by atoms with Gasteiger partial charge in [0.2, 0.25) is 5.91 Å². The highest BCUT2D eigenvalue weighted by molar-refractivity contribution is 5.99. The topological polar surface area (TPSA) is 60.3 Å². The van der Waals surface area contributed by atoms with Crippen LogP contribution < -0.4 is 10.6 Å². The van der Waals surface area contributed by atoms with Gasteiger partial charge in [-0.15, -0.1) is 0 Å². The Labute approximate surface area is 147 Å². The van der Waals surface area contributed by atoms with Crippen LogP contribution in [0.25, 0.3) is 0 Å². The first-order valence-electron chi connectivity index (χ1n) is 8.25. The van der Waals surface area contributed by atoms with Crippen molar-refractivity contribution in [3.05, 3.63) is 95.3 Å². The van der Waals surface area contributed by atoms with Gasteiger partial charge in [0.15, 0.2) is 0 Å². The van der Waals surface area contributed by atoms with E-state index in [2.05, 4.69) is 10.6 Å². The molecule has 0 spiro atoms. The second-order valence-electron chi connectivity index (χ2n) is 5.85. The second-order valence-corrected chi connectivity index (χ2v) is 5.85. The molecule has 4 nitrogen and oxygen atoms in total. The Morgan fingerprint density at radius 3 is 2.16 bits per heavy atom. The number of hydrogen-bond acceptors (Lipinski definition) is 2. The molecule has 1 N–H and O–H groups in total. The minimum atomic E-state index is -0.401. The van der Waals surface area contributed by atoms with E-state index in [1.54, 1.807) is 12.2 Å². The molecule has 2 aromatic rings. The van der Waals surface area contributed by atoms with E-state index in [9.17, 15) is 9.59 Å². The number of carbonyl (C=O) groups excluding carboxylic acids is 2. The Bertz CT molecular complexity index is 808. The maximum Gasteiger partial charge on any atom is 0.293 e. The monoisotopic (exact) mass is 331 g/mol. The van der Waals surface area contributed by atoms with Crippen LogP contribution in [-0.4, -0.2) is 11.8 Å². The van der Waals surface area contributed by atoms with E-state index >= 15 is 0 Å². The van der Waals surface area contributed by atoms with Crippen LogP contribution in [0.1, 0.15) is 17.5 Å². The number of hydrogen-bond donors (Lipinski definition) is 1. The van der Waals surface area contributed by atoms with E-state index in [0.29, 0.717) is 25.0 Å². The van der Waals surface area contributed by atoms with Gasteiger partial charge in [0.05, 0.1) is 0 Å². The quantitative estimate of drug-likeness (QED) is 0.885. The van der Waals surface area contributed by atoms with E-state index in [0.717, 1.165) is 11.1 Å². The van der Waals surface area contributed by atoms with Crippen molar-refractivity contribution in [2.75, 3.05) is 0 Å². The lowest BCUT2D eigenvalue weighted by Crippen LogP contribution is -2.33. The second kappa shape index (κ2) is 8.11. The summed E-state index contributed by atoms with van der Waals surface area (Å²) < 4.78 is 0. The van der Waals surface area contributed by atoms with Gasteiger partial charge < -0.3 is 5.32 Å². The molecule has 4 heteroatoms. The van der Waals surface area contributed by atoms with Gasteiger partial charge in [0.1, 0.15) is 5.70 Å². The lowest BCUT2D eigenvalue weighted by Gasteiger charge is -2.14. The van der Waals surface area contributed by atoms with Crippen LogP contribution in [-0.2, 0) is 22.4 Å². The van der Waals surface area contributed by atoms with Gasteiger partial charge in [0, 0.05) is 18.5 Å². The Morgan fingerprint density at radius 1 is 0.880 bits per heavy atom. The summed E-state index contributed by atoms with van der Waals surface area (Å²) in [6.45, 7) is 0. The summed E-state index contributed by atoms with van der Waals surface area (Å²) in [5.41, 5.74) is 3.11. The summed E-state index contributed by atoms with van der Waals surface area (Å²) in [7, 11) is 0. The molecular weight excluding hydrogens is 312 g/mol. The van der Waals surface area contributed by atoms with Crippen molar-refractivity contribution in [2.45, 2.75) is 19.3 Å². The fourth-order valence-electron chi connectivity index (χ4n) is 2.59. The third kappa shape index (κ3) is 4.91. The molecule has 2 aromatic carbocycles. The summed E-state index contributed by atoms with van der Waals surface area (Å²) in [5, 5.41) is 6.73. The van der Waals surface area contributed by atoms with Crippen LogP contribution in [0.15, 0.2) is 84.2 Å². The highest BCUT2D eigenvalue weighted by Gasteiger charge is 2.19. The number of nitrogens with one attached hydrogen (secondary N) is 1. The lowest BCUT2D eigenvalue weighted by molar-refractivity contribution is -0.123. The largest absolute Gasteiger partial charge is 0.321 e. The molecule has 0 saturated heterocycles. The van der Waals surface area contributed by atoms with Gasteiger partial charge in [-0.25, -0.2) is 5.32 Å². The zero-order valence-electron chi connectivity index (χ0n) is 13.8. The van der Waals surface area contributed by atoms with Crippen molar-refractivity contribution in [1.82, 2.24) is 10.6 Å². The SMILES string of the molecule is O=C(CCc1ccccc1)NC1=CC=C(Cc2ccccc2)[N]C1=O. The van der Waals surface area contributed by atoms with Crippen LogP contribution in [0, 0.1) is 0 Å². The molecule has 0 atom stereocenters. The molecule has 1 heterocycles. The molecule has 0 fully saturated rings. The maximum atomic E-state index is 12.1. The minimum Gasteiger partial charge on any atom is -0.321 e. The van der Waals surface area contributed by atoms with E-state index in [1.165, 1.54) is 0 Å². The molecule has 3 rings (SSSR count). The van der Waals surface area contributed by atoms with Crippen LogP contribution in [0.5, 0.6) is 0 Å². The van der Waals surface area contributed by atoms with Crippen molar-refractivity contribution in [2.24, 2.45) is 0 Å². The first-order valence-corrected chi connectivity index (χ1v) is 8.25. The first-order chi connectivity index (χ1) is 12.2. The molecule has 1 aliphatic heterocycles. The number of benzene rings is 2. The molecule has 2 amide bonds. The average Bonchev–Trinajstić information content (AvgIpc) is 2.64. The number of aryl methyl sites for hydroxylation is 1. The van der Waals surface area contributed by atoms with Crippen LogP contribution in [0.2, 0.25) is 0 Å². The zero-order chi connectivity index (χ0) is 17.5. The van der Waals surface area contributed by atoms with E-state index in [-0.39, 0.29) is 11.6 Å². The number of allylic oxidation sites excluding steroid dienone is 3. The third-order valence-electron chi connectivity index (χ3n) is 3.90. The molecule has 0 aliphatic carbocycles. The number of amides is 2. The number of rotatable bonds is 6. The fraction of sp³-hybridized carbons (Fsp3) is 0.143. The van der Waals surface area contributed by atoms with Crippen LogP contribution in [0.4, 0.5) is 0 Å². The number of nitrogens with zero attached hydrogens (tertiary/aromatic N) is 1. The molecule has 0 aromatic heterocycles. The third-order valence-corrected chi connectivity index (χ3v) is 3.90. The van der Waals surface area contributed by atoms with Crippen molar-refractivity contribution in [1.29, 1.82) is 0 Å². The highest BCUT2D eigenvalue weighted by atomic mass is 16.2. The summed E-state index contributed by atoms with van der Waals surface area (Å²) in [4.78, 5) is 24.2. The highest BCUT2D eigenvalue weighted by Crippen LogP contribution is 2.12. The molecule has 1 aliphatic rings. The Balaban J connectivity index is 1.55. The molecule has 0 bridgehead atoms. The van der Waals surface area contributed by atoms with Gasteiger partial charge in [-0.1, -0.05) is 60.7 Å². The Morgan fingerprint density at radius 2 is 1.52 bits per heavy atom. The van der Waals surface area contributed by atoms with Gasteiger partial charge in [0.25, 0.3) is 5.91 Å². The van der Waals surface area contributed by atoms with Crippen molar-refractivity contribution < 1.29 is 9.59 Å². The van der Waals surface area contributed by atoms with E-state index in [1.807, 2.05) is 60.7 Å². The molecule has 0 saturated carbocycles. The fourth-order valence-corrected chi connectivity index (χ4v) is 2.59. The molecule has 1 radical (unpaired) electrons. The summed E-state index contributed by atoms with van der Waals surface area (Å²) in [5.74, 6) is -0.583. The predicted octanol–water partition coefficient (Wildman–Crippen LogP) is 2.89. The molecule has 0 unspecified atom stereocenters. The van der Waals surface area contributed by atoms with Gasteiger partial charge >= 0.3 is 0 Å². The summed E-state index contributed by atoms with van der Waals surface area (Å²) in [6.07, 6.45) is 4.98. The Hall–Kier alpha value is -3.14. The lowest BCUT2D eigenvalue weighted by atomic mass is 10.1. The van der Waals surface area contributed by atoms with Crippen molar-refractivity contribution in [3.63, 3.8) is 0 Å². The first kappa shape index (κ1) is 16.7. The van der Waals surface area contributed by atoms with Gasteiger partial charge in [-0.3, -0.25) is 9.59 Å². The van der Waals surface area contributed by atoms with Crippen LogP contribution >= 0.6 is 0 Å². The van der Waals surface area contributed by atoms with Crippen molar-refractivity contribution >= 4 is 11.8 Å². The zero-order valence-corrected chi connectivity index (χ0v) is 13.8. The predicted molar refractivity (Wildman–Crippen MR) is 96.4 cm³/mol. The smallest absolute Gasteiger partial charge is 0.293 e. The molecule has 25 heavy (non-hydrogen) atoms. The standard InChI is InChI=1S/C21H19N2O2/c24-20(14-11-16-7-3-1-4-8-16)23-19-13-12-18(22-21(19)25)15-17-9-5-2-6-10-17/h1-10,12-13H,11,14-15H2,(H,23,24). The summed E-state index contributed by atoms with van der Waals surface area (Å²) >= 11 is 0. The molecular formula is C21H19N2O2. The summed E-state index contributed by atoms with van der Waals surface area (Å²) in [6, 6.07) is 19.6. The number of carbonyl (C=O) groups is 2. The van der Waals surface area contributed by atoms with Gasteiger partial charge in [-0.2, -0.15) is 0 Å². The van der Waals surface area contributed by atoms with E-state index in [4.69, 9.17) is 0 Å². The molecule has 125 valence electrons. The van der Waals surface area contributed by atoms with Gasteiger partial charge in [-0.05, 0) is 29.7 Å². The Kier molecular flexibility index (Phi) is 5.42. The van der Waals surface area contributed by atoms with Crippen LogP contribution in [0.3, 0.4) is 0 Å². The van der Waals surface area contributed by atoms with Crippen molar-refractivity contribution in [3.8, 4) is 0 Å². The maximum absolute atomic E-state index is 12.1.